The minimum Gasteiger partial charge on any atom is -0.493 e. The lowest BCUT2D eigenvalue weighted by Crippen LogP contribution is -2.28. The van der Waals surface area contributed by atoms with Crippen molar-refractivity contribution in [1.29, 1.82) is 0 Å². The van der Waals surface area contributed by atoms with Crippen LogP contribution in [0.1, 0.15) is 18.4 Å². The summed E-state index contributed by atoms with van der Waals surface area (Å²) in [7, 11) is 0. The molecule has 0 saturated heterocycles. The maximum atomic E-state index is 11.9. The van der Waals surface area contributed by atoms with Gasteiger partial charge in [-0.3, -0.25) is 4.79 Å². The van der Waals surface area contributed by atoms with Crippen molar-refractivity contribution in [3.05, 3.63) is 72.3 Å². The summed E-state index contributed by atoms with van der Waals surface area (Å²) in [6.45, 7) is 3.48. The largest absolute Gasteiger partial charge is 0.493 e. The van der Waals surface area contributed by atoms with Crippen LogP contribution in [0.15, 0.2) is 66.7 Å². The molecule has 0 bridgehead atoms. The van der Waals surface area contributed by atoms with E-state index in [4.69, 9.17) is 9.47 Å². The molecule has 0 unspecified atom stereocenters. The zero-order valence-electron chi connectivity index (χ0n) is 15.6. The molecule has 0 radical (unpaired) electrons. The fourth-order valence-corrected chi connectivity index (χ4v) is 2.89. The molecule has 4 heteroatoms. The van der Waals surface area contributed by atoms with E-state index in [1.807, 2.05) is 61.5 Å². The number of ether oxygens (including phenoxy) is 2. The van der Waals surface area contributed by atoms with Gasteiger partial charge in [0.15, 0.2) is 0 Å². The van der Waals surface area contributed by atoms with Crippen LogP contribution in [-0.4, -0.2) is 25.7 Å². The van der Waals surface area contributed by atoms with E-state index in [9.17, 15) is 4.79 Å². The number of fused-ring (bicyclic) bond motifs is 1. The Bertz CT molecular complexity index is 886. The molecule has 3 rings (SSSR count). The van der Waals surface area contributed by atoms with Crippen LogP contribution in [0.4, 0.5) is 0 Å². The Balaban J connectivity index is 1.33. The van der Waals surface area contributed by atoms with E-state index in [0.29, 0.717) is 32.6 Å². The Kier molecular flexibility index (Phi) is 6.69. The molecule has 0 heterocycles. The summed E-state index contributed by atoms with van der Waals surface area (Å²) >= 11 is 0. The molecule has 140 valence electrons. The lowest BCUT2D eigenvalue weighted by Gasteiger charge is -2.11. The standard InChI is InChI=1S/C23H25NO3/c1-18-8-2-5-12-21(18)26-16-7-14-23(25)24-15-17-27-22-13-6-10-19-9-3-4-11-20(19)22/h2-6,8-13H,7,14-17H2,1H3,(H,24,25). The molecule has 4 nitrogen and oxygen atoms in total. The van der Waals surface area contributed by atoms with Crippen LogP contribution in [0.2, 0.25) is 0 Å². The molecule has 3 aromatic rings. The van der Waals surface area contributed by atoms with Crippen molar-refractivity contribution in [2.45, 2.75) is 19.8 Å². The average Bonchev–Trinajstić information content (AvgIpc) is 2.70. The van der Waals surface area contributed by atoms with E-state index in [-0.39, 0.29) is 5.91 Å². The number of carbonyl (C=O) groups excluding carboxylic acids is 1. The highest BCUT2D eigenvalue weighted by atomic mass is 16.5. The van der Waals surface area contributed by atoms with Crippen LogP contribution < -0.4 is 14.8 Å². The highest BCUT2D eigenvalue weighted by Crippen LogP contribution is 2.24. The van der Waals surface area contributed by atoms with E-state index in [0.717, 1.165) is 27.8 Å². The van der Waals surface area contributed by atoms with Crippen LogP contribution in [0.5, 0.6) is 11.5 Å². The summed E-state index contributed by atoms with van der Waals surface area (Å²) in [4.78, 5) is 11.9. The van der Waals surface area contributed by atoms with Crippen molar-refractivity contribution >= 4 is 16.7 Å². The summed E-state index contributed by atoms with van der Waals surface area (Å²) in [5.74, 6) is 1.74. The molecule has 27 heavy (non-hydrogen) atoms. The van der Waals surface area contributed by atoms with Gasteiger partial charge >= 0.3 is 0 Å². The Morgan fingerprint density at radius 1 is 0.852 bits per heavy atom. The third-order valence-electron chi connectivity index (χ3n) is 4.33. The predicted molar refractivity (Wildman–Crippen MR) is 108 cm³/mol. The number of hydrogen-bond acceptors (Lipinski definition) is 3. The van der Waals surface area contributed by atoms with E-state index in [1.165, 1.54) is 0 Å². The normalized spacial score (nSPS) is 10.6. The topological polar surface area (TPSA) is 47.6 Å². The van der Waals surface area contributed by atoms with Gasteiger partial charge in [-0.2, -0.15) is 0 Å². The molecule has 0 aliphatic rings. The zero-order valence-corrected chi connectivity index (χ0v) is 15.6. The quantitative estimate of drug-likeness (QED) is 0.569. The van der Waals surface area contributed by atoms with Gasteiger partial charge in [0.1, 0.15) is 18.1 Å². The van der Waals surface area contributed by atoms with Gasteiger partial charge in [0.25, 0.3) is 0 Å². The Morgan fingerprint density at radius 2 is 1.56 bits per heavy atom. The maximum absolute atomic E-state index is 11.9. The van der Waals surface area contributed by atoms with Gasteiger partial charge in [-0.05, 0) is 36.4 Å². The SMILES string of the molecule is Cc1ccccc1OCCCC(=O)NCCOc1cccc2ccccc12. The fourth-order valence-electron chi connectivity index (χ4n) is 2.89. The molecule has 0 spiro atoms. The highest BCUT2D eigenvalue weighted by Gasteiger charge is 2.04. The highest BCUT2D eigenvalue weighted by molar-refractivity contribution is 5.88. The second-order valence-electron chi connectivity index (χ2n) is 6.39. The lowest BCUT2D eigenvalue weighted by atomic mass is 10.1. The van der Waals surface area contributed by atoms with Gasteiger partial charge in [0, 0.05) is 11.8 Å². The molecule has 0 saturated carbocycles. The number of rotatable bonds is 9. The van der Waals surface area contributed by atoms with Gasteiger partial charge in [-0.1, -0.05) is 54.6 Å². The summed E-state index contributed by atoms with van der Waals surface area (Å²) in [6, 6.07) is 22.0. The number of para-hydroxylation sites is 1. The number of amides is 1. The Labute approximate surface area is 160 Å². The summed E-state index contributed by atoms with van der Waals surface area (Å²) in [6.07, 6.45) is 1.13. The van der Waals surface area contributed by atoms with Crippen LogP contribution in [-0.2, 0) is 4.79 Å². The first-order chi connectivity index (χ1) is 13.2. The Hall–Kier alpha value is -3.01. The molecule has 0 aliphatic carbocycles. The van der Waals surface area contributed by atoms with Crippen LogP contribution in [0, 0.1) is 6.92 Å². The third kappa shape index (κ3) is 5.48. The van der Waals surface area contributed by atoms with Crippen LogP contribution in [0.25, 0.3) is 10.8 Å². The lowest BCUT2D eigenvalue weighted by molar-refractivity contribution is -0.121. The van der Waals surface area contributed by atoms with E-state index in [2.05, 4.69) is 17.4 Å². The van der Waals surface area contributed by atoms with Crippen LogP contribution in [0.3, 0.4) is 0 Å². The molecular formula is C23H25NO3. The smallest absolute Gasteiger partial charge is 0.220 e. The van der Waals surface area contributed by atoms with Crippen molar-refractivity contribution < 1.29 is 14.3 Å². The molecule has 0 aromatic heterocycles. The van der Waals surface area contributed by atoms with E-state index >= 15 is 0 Å². The van der Waals surface area contributed by atoms with Gasteiger partial charge in [0.2, 0.25) is 5.91 Å². The summed E-state index contributed by atoms with van der Waals surface area (Å²) in [5.41, 5.74) is 1.10. The van der Waals surface area contributed by atoms with Gasteiger partial charge in [-0.15, -0.1) is 0 Å². The maximum Gasteiger partial charge on any atom is 0.220 e. The monoisotopic (exact) mass is 363 g/mol. The number of benzene rings is 3. The number of nitrogens with one attached hydrogen (secondary N) is 1. The fraction of sp³-hybridized carbons (Fsp3) is 0.261. The van der Waals surface area contributed by atoms with Crippen molar-refractivity contribution in [2.24, 2.45) is 0 Å². The van der Waals surface area contributed by atoms with Gasteiger partial charge < -0.3 is 14.8 Å². The van der Waals surface area contributed by atoms with Gasteiger partial charge in [-0.25, -0.2) is 0 Å². The molecule has 1 N–H and O–H groups in total. The molecule has 1 amide bonds. The minimum absolute atomic E-state index is 0.0184. The Morgan fingerprint density at radius 3 is 2.44 bits per heavy atom. The van der Waals surface area contributed by atoms with E-state index in [1.54, 1.807) is 0 Å². The first-order valence-corrected chi connectivity index (χ1v) is 9.30. The van der Waals surface area contributed by atoms with E-state index < -0.39 is 0 Å². The van der Waals surface area contributed by atoms with Crippen molar-refractivity contribution in [2.75, 3.05) is 19.8 Å². The van der Waals surface area contributed by atoms with Crippen molar-refractivity contribution in [1.82, 2.24) is 5.32 Å². The molecule has 0 aliphatic heterocycles. The first kappa shape index (κ1) is 18.8. The number of hydrogen-bond donors (Lipinski definition) is 1. The second kappa shape index (κ2) is 9.62. The zero-order chi connectivity index (χ0) is 18.9. The van der Waals surface area contributed by atoms with Crippen molar-refractivity contribution in [3.8, 4) is 11.5 Å². The second-order valence-corrected chi connectivity index (χ2v) is 6.39. The molecule has 3 aromatic carbocycles. The summed E-state index contributed by atoms with van der Waals surface area (Å²) < 4.78 is 11.5. The molecule has 0 fully saturated rings. The number of carbonyl (C=O) groups is 1. The van der Waals surface area contributed by atoms with Crippen molar-refractivity contribution in [3.63, 3.8) is 0 Å². The minimum atomic E-state index is 0.0184. The average molecular weight is 363 g/mol. The first-order valence-electron chi connectivity index (χ1n) is 9.30. The van der Waals surface area contributed by atoms with Crippen LogP contribution >= 0.6 is 0 Å². The molecule has 0 atom stereocenters. The van der Waals surface area contributed by atoms with Gasteiger partial charge in [0.05, 0.1) is 13.2 Å². The third-order valence-corrected chi connectivity index (χ3v) is 4.33. The summed E-state index contributed by atoms with van der Waals surface area (Å²) in [5, 5.41) is 5.12. The number of aryl methyl sites for hydroxylation is 1. The predicted octanol–water partition coefficient (Wildman–Crippen LogP) is 4.50. The molecular weight excluding hydrogens is 338 g/mol.